The summed E-state index contributed by atoms with van der Waals surface area (Å²) >= 11 is 0. The zero-order valence-electron chi connectivity index (χ0n) is 14.0. The summed E-state index contributed by atoms with van der Waals surface area (Å²) in [7, 11) is 0. The Hall–Kier alpha value is -0.900. The van der Waals surface area contributed by atoms with Gasteiger partial charge in [0.25, 0.3) is 0 Å². The standard InChI is InChI=1S/C18H28O4/c1-4-18(2,3)17(20)22-10-21-9-15-12-5-11-6-13(8-12)16(19)14(15)7-11/h11-15H,4-10H2,1-3H3. The number of esters is 1. The SMILES string of the molecule is CCC(C)(C)C(=O)OCOCC1C2CC3CC(C2)C(=O)C1C3. The van der Waals surface area contributed by atoms with Crippen LogP contribution in [0.25, 0.3) is 0 Å². The molecule has 4 aliphatic carbocycles. The number of hydrogen-bond acceptors (Lipinski definition) is 4. The normalized spacial score (nSPS) is 36.7. The van der Waals surface area contributed by atoms with Crippen molar-refractivity contribution < 1.29 is 19.1 Å². The maximum absolute atomic E-state index is 12.4. The van der Waals surface area contributed by atoms with Crippen LogP contribution in [0.1, 0.15) is 52.9 Å². The number of carbonyl (C=O) groups is 2. The van der Waals surface area contributed by atoms with Gasteiger partial charge >= 0.3 is 5.97 Å². The van der Waals surface area contributed by atoms with Gasteiger partial charge in [0.2, 0.25) is 0 Å². The molecule has 0 aromatic rings. The summed E-state index contributed by atoms with van der Waals surface area (Å²) in [4.78, 5) is 24.2. The maximum Gasteiger partial charge on any atom is 0.313 e. The van der Waals surface area contributed by atoms with Crippen LogP contribution in [0.5, 0.6) is 0 Å². The number of ketones is 1. The van der Waals surface area contributed by atoms with Gasteiger partial charge in [-0.3, -0.25) is 9.59 Å². The number of hydrogen-bond donors (Lipinski definition) is 0. The van der Waals surface area contributed by atoms with Crippen LogP contribution in [0.2, 0.25) is 0 Å². The van der Waals surface area contributed by atoms with Crippen LogP contribution in [0.15, 0.2) is 0 Å². The molecular weight excluding hydrogens is 280 g/mol. The lowest BCUT2D eigenvalue weighted by atomic mass is 9.51. The molecule has 4 bridgehead atoms. The van der Waals surface area contributed by atoms with E-state index in [9.17, 15) is 9.59 Å². The lowest BCUT2D eigenvalue weighted by Gasteiger charge is -2.53. The number of rotatable bonds is 6. The van der Waals surface area contributed by atoms with E-state index in [0.717, 1.165) is 31.6 Å². The van der Waals surface area contributed by atoms with E-state index in [1.807, 2.05) is 20.8 Å². The molecule has 0 radical (unpaired) electrons. The van der Waals surface area contributed by atoms with E-state index in [0.29, 0.717) is 30.1 Å². The summed E-state index contributed by atoms with van der Waals surface area (Å²) in [6.07, 6.45) is 5.25. The second-order valence-corrected chi connectivity index (χ2v) is 8.10. The van der Waals surface area contributed by atoms with Crippen LogP contribution < -0.4 is 0 Å². The van der Waals surface area contributed by atoms with Gasteiger partial charge in [0.05, 0.1) is 12.0 Å². The topological polar surface area (TPSA) is 52.6 Å². The summed E-state index contributed by atoms with van der Waals surface area (Å²) in [6.45, 7) is 6.31. The first-order valence-electron chi connectivity index (χ1n) is 8.71. The van der Waals surface area contributed by atoms with Crippen molar-refractivity contribution in [3.63, 3.8) is 0 Å². The third kappa shape index (κ3) is 2.82. The van der Waals surface area contributed by atoms with E-state index >= 15 is 0 Å². The fourth-order valence-electron chi connectivity index (χ4n) is 4.62. The smallest absolute Gasteiger partial charge is 0.313 e. The van der Waals surface area contributed by atoms with E-state index in [4.69, 9.17) is 9.47 Å². The molecule has 22 heavy (non-hydrogen) atoms. The third-order valence-electron chi connectivity index (χ3n) is 6.34. The summed E-state index contributed by atoms with van der Waals surface area (Å²) in [6, 6.07) is 0. The van der Waals surface area contributed by atoms with Gasteiger partial charge in [0.1, 0.15) is 5.78 Å². The minimum Gasteiger partial charge on any atom is -0.438 e. The second-order valence-electron chi connectivity index (χ2n) is 8.10. The molecule has 4 fully saturated rings. The molecule has 0 aromatic heterocycles. The molecule has 4 saturated carbocycles. The van der Waals surface area contributed by atoms with Gasteiger partial charge in [0, 0.05) is 11.8 Å². The highest BCUT2D eigenvalue weighted by Gasteiger charge is 2.52. The Morgan fingerprint density at radius 1 is 1.23 bits per heavy atom. The van der Waals surface area contributed by atoms with Crippen molar-refractivity contribution in [3.05, 3.63) is 0 Å². The first-order chi connectivity index (χ1) is 10.4. The van der Waals surface area contributed by atoms with Gasteiger partial charge in [-0.15, -0.1) is 0 Å². The molecule has 0 saturated heterocycles. The first-order valence-corrected chi connectivity index (χ1v) is 8.71. The van der Waals surface area contributed by atoms with E-state index in [-0.39, 0.29) is 18.7 Å². The van der Waals surface area contributed by atoms with Crippen LogP contribution in [-0.4, -0.2) is 25.2 Å². The lowest BCUT2D eigenvalue weighted by Crippen LogP contribution is -2.52. The highest BCUT2D eigenvalue weighted by atomic mass is 16.7. The molecule has 124 valence electrons. The Bertz CT molecular complexity index is 456. The zero-order valence-corrected chi connectivity index (χ0v) is 14.0. The highest BCUT2D eigenvalue weighted by molar-refractivity contribution is 5.85. The number of ether oxygens (including phenoxy) is 2. The summed E-state index contributed by atoms with van der Waals surface area (Å²) < 4.78 is 10.8. The lowest BCUT2D eigenvalue weighted by molar-refractivity contribution is -0.173. The number of carbonyl (C=O) groups excluding carboxylic acids is 2. The van der Waals surface area contributed by atoms with E-state index in [1.165, 1.54) is 6.42 Å². The molecule has 0 N–H and O–H groups in total. The molecule has 0 aliphatic heterocycles. The molecule has 0 amide bonds. The summed E-state index contributed by atoms with van der Waals surface area (Å²) in [5.41, 5.74) is -0.456. The zero-order chi connectivity index (χ0) is 15.9. The second kappa shape index (κ2) is 5.95. The largest absolute Gasteiger partial charge is 0.438 e. The van der Waals surface area contributed by atoms with E-state index in [1.54, 1.807) is 0 Å². The third-order valence-corrected chi connectivity index (χ3v) is 6.34. The van der Waals surface area contributed by atoms with Crippen molar-refractivity contribution in [2.24, 2.45) is 35.0 Å². The monoisotopic (exact) mass is 308 g/mol. The average Bonchev–Trinajstić information content (AvgIpc) is 2.50. The van der Waals surface area contributed by atoms with Crippen molar-refractivity contribution >= 4 is 11.8 Å². The first kappa shape index (κ1) is 16.0. The predicted molar refractivity (Wildman–Crippen MR) is 81.9 cm³/mol. The predicted octanol–water partition coefficient (Wildman–Crippen LogP) is 3.19. The Labute approximate surface area is 132 Å². The van der Waals surface area contributed by atoms with E-state index < -0.39 is 5.41 Å². The summed E-state index contributed by atoms with van der Waals surface area (Å²) in [5.74, 6) is 2.56. The molecule has 5 atom stereocenters. The van der Waals surface area contributed by atoms with Crippen molar-refractivity contribution in [2.45, 2.75) is 52.9 Å². The molecule has 4 aliphatic rings. The van der Waals surface area contributed by atoms with Crippen molar-refractivity contribution in [1.29, 1.82) is 0 Å². The fraction of sp³-hybridized carbons (Fsp3) is 0.889. The molecule has 5 unspecified atom stereocenters. The van der Waals surface area contributed by atoms with Crippen molar-refractivity contribution in [2.75, 3.05) is 13.4 Å². The fourth-order valence-corrected chi connectivity index (χ4v) is 4.62. The molecule has 0 heterocycles. The van der Waals surface area contributed by atoms with Gasteiger partial charge in [-0.25, -0.2) is 0 Å². The maximum atomic E-state index is 12.4. The average molecular weight is 308 g/mol. The van der Waals surface area contributed by atoms with Crippen LogP contribution in [0, 0.1) is 35.0 Å². The van der Waals surface area contributed by atoms with Gasteiger partial charge in [0.15, 0.2) is 6.79 Å². The van der Waals surface area contributed by atoms with Crippen LogP contribution >= 0.6 is 0 Å². The Morgan fingerprint density at radius 3 is 2.73 bits per heavy atom. The van der Waals surface area contributed by atoms with Crippen molar-refractivity contribution in [3.8, 4) is 0 Å². The van der Waals surface area contributed by atoms with Gasteiger partial charge < -0.3 is 9.47 Å². The Balaban J connectivity index is 1.46. The Kier molecular flexibility index (Phi) is 4.32. The van der Waals surface area contributed by atoms with Crippen LogP contribution in [-0.2, 0) is 19.1 Å². The van der Waals surface area contributed by atoms with Crippen LogP contribution in [0.4, 0.5) is 0 Å². The number of Topliss-reactive ketones (excluding diaryl/α,β-unsaturated/α-hetero) is 1. The molecule has 4 rings (SSSR count). The summed E-state index contributed by atoms with van der Waals surface area (Å²) in [5, 5.41) is 0. The minimum absolute atomic E-state index is 0.0131. The molecule has 4 nitrogen and oxygen atoms in total. The van der Waals surface area contributed by atoms with E-state index in [2.05, 4.69) is 0 Å². The minimum atomic E-state index is -0.456. The quantitative estimate of drug-likeness (QED) is 0.429. The van der Waals surface area contributed by atoms with Gasteiger partial charge in [-0.2, -0.15) is 0 Å². The van der Waals surface area contributed by atoms with Crippen LogP contribution in [0.3, 0.4) is 0 Å². The highest BCUT2D eigenvalue weighted by Crippen LogP contribution is 2.54. The Morgan fingerprint density at radius 2 is 2.00 bits per heavy atom. The molecule has 0 aromatic carbocycles. The van der Waals surface area contributed by atoms with Gasteiger partial charge in [-0.05, 0) is 63.7 Å². The molecular formula is C18H28O4. The molecule has 0 spiro atoms. The van der Waals surface area contributed by atoms with Crippen molar-refractivity contribution in [1.82, 2.24) is 0 Å². The molecule has 4 heteroatoms. The van der Waals surface area contributed by atoms with Gasteiger partial charge in [-0.1, -0.05) is 6.92 Å².